The number of nitriles is 1. The van der Waals surface area contributed by atoms with Crippen molar-refractivity contribution in [2.75, 3.05) is 5.32 Å². The molecule has 112 valence electrons. The second kappa shape index (κ2) is 6.44. The molecule has 1 fully saturated rings. The minimum atomic E-state index is -0.00655. The summed E-state index contributed by atoms with van der Waals surface area (Å²) in [5, 5.41) is 11.5. The molecule has 1 aromatic heterocycles. The Morgan fingerprint density at radius 3 is 2.64 bits per heavy atom. The van der Waals surface area contributed by atoms with Crippen molar-refractivity contribution >= 4 is 11.9 Å². The molecule has 0 atom stereocenters. The molecule has 1 aliphatic rings. The zero-order valence-corrected chi connectivity index (χ0v) is 12.2. The Morgan fingerprint density at radius 1 is 1.23 bits per heavy atom. The Hall–Kier alpha value is -2.61. The van der Waals surface area contributed by atoms with E-state index in [2.05, 4.69) is 16.4 Å². The highest BCUT2D eigenvalue weighted by atomic mass is 16.4. The third-order valence-electron chi connectivity index (χ3n) is 4.02. The highest BCUT2D eigenvalue weighted by Crippen LogP contribution is 2.26. The van der Waals surface area contributed by atoms with Crippen LogP contribution >= 0.6 is 0 Å². The van der Waals surface area contributed by atoms with Crippen LogP contribution in [0.2, 0.25) is 0 Å². The van der Waals surface area contributed by atoms with Crippen molar-refractivity contribution in [1.29, 1.82) is 5.26 Å². The molecule has 0 spiro atoms. The summed E-state index contributed by atoms with van der Waals surface area (Å²) in [6.07, 6.45) is 6.83. The zero-order chi connectivity index (χ0) is 15.4. The summed E-state index contributed by atoms with van der Waals surface area (Å²) in [5.41, 5.74) is 2.09. The van der Waals surface area contributed by atoms with Crippen molar-refractivity contribution in [2.45, 2.75) is 32.1 Å². The predicted octanol–water partition coefficient (Wildman–Crippen LogP) is 3.73. The Kier molecular flexibility index (Phi) is 4.19. The molecule has 0 bridgehead atoms. The second-order valence-corrected chi connectivity index (χ2v) is 5.55. The smallest absolute Gasteiger partial charge is 0.301 e. The minimum Gasteiger partial charge on any atom is -0.431 e. The Balaban J connectivity index is 1.67. The van der Waals surface area contributed by atoms with E-state index in [4.69, 9.17) is 9.68 Å². The number of hydrogen-bond donors (Lipinski definition) is 1. The standard InChI is InChI=1S/C17H17N3O2/c18-10-12-6-8-13(9-7-12)15-11-22-17(19-15)20-16(21)14-4-2-1-3-5-14/h6-9,11,14H,1-5H2,(H,19,20,21). The molecule has 1 heterocycles. The van der Waals surface area contributed by atoms with Crippen LogP contribution in [-0.2, 0) is 4.79 Å². The molecule has 22 heavy (non-hydrogen) atoms. The summed E-state index contributed by atoms with van der Waals surface area (Å²) in [6.45, 7) is 0. The van der Waals surface area contributed by atoms with Gasteiger partial charge in [-0.15, -0.1) is 0 Å². The van der Waals surface area contributed by atoms with Gasteiger partial charge in [-0.3, -0.25) is 10.1 Å². The van der Waals surface area contributed by atoms with Crippen LogP contribution < -0.4 is 5.32 Å². The molecule has 0 radical (unpaired) electrons. The Bertz CT molecular complexity index is 691. The van der Waals surface area contributed by atoms with Gasteiger partial charge in [-0.1, -0.05) is 31.4 Å². The van der Waals surface area contributed by atoms with Crippen LogP contribution in [0, 0.1) is 17.2 Å². The van der Waals surface area contributed by atoms with Crippen molar-refractivity contribution in [2.24, 2.45) is 5.92 Å². The average molecular weight is 295 g/mol. The quantitative estimate of drug-likeness (QED) is 0.935. The van der Waals surface area contributed by atoms with E-state index in [9.17, 15) is 4.79 Å². The molecule has 1 N–H and O–H groups in total. The first-order chi connectivity index (χ1) is 10.8. The summed E-state index contributed by atoms with van der Waals surface area (Å²) in [6, 6.07) is 9.37. The third-order valence-corrected chi connectivity index (χ3v) is 4.02. The average Bonchev–Trinajstić information content (AvgIpc) is 3.04. The second-order valence-electron chi connectivity index (χ2n) is 5.55. The Labute approximate surface area is 129 Å². The number of carbonyl (C=O) groups is 1. The molecule has 0 unspecified atom stereocenters. The fourth-order valence-corrected chi connectivity index (χ4v) is 2.75. The van der Waals surface area contributed by atoms with E-state index >= 15 is 0 Å². The molecule has 5 heteroatoms. The fraction of sp³-hybridized carbons (Fsp3) is 0.353. The van der Waals surface area contributed by atoms with Gasteiger partial charge in [-0.2, -0.15) is 10.2 Å². The molecule has 0 saturated heterocycles. The summed E-state index contributed by atoms with van der Waals surface area (Å²) >= 11 is 0. The molecule has 0 aliphatic heterocycles. The van der Waals surface area contributed by atoms with Gasteiger partial charge in [-0.05, 0) is 25.0 Å². The van der Waals surface area contributed by atoms with Crippen molar-refractivity contribution in [1.82, 2.24) is 4.98 Å². The lowest BCUT2D eigenvalue weighted by atomic mass is 9.89. The van der Waals surface area contributed by atoms with Gasteiger partial charge >= 0.3 is 6.01 Å². The van der Waals surface area contributed by atoms with Gasteiger partial charge < -0.3 is 4.42 Å². The lowest BCUT2D eigenvalue weighted by molar-refractivity contribution is -0.120. The van der Waals surface area contributed by atoms with Gasteiger partial charge in [0.05, 0.1) is 11.6 Å². The van der Waals surface area contributed by atoms with E-state index in [1.807, 2.05) is 12.1 Å². The molecule has 1 amide bonds. The molecular weight excluding hydrogens is 278 g/mol. The van der Waals surface area contributed by atoms with Gasteiger partial charge in [-0.25, -0.2) is 0 Å². The lowest BCUT2D eigenvalue weighted by Crippen LogP contribution is -2.24. The van der Waals surface area contributed by atoms with Crippen LogP contribution in [0.4, 0.5) is 6.01 Å². The first-order valence-electron chi connectivity index (χ1n) is 7.53. The topological polar surface area (TPSA) is 78.9 Å². The highest BCUT2D eigenvalue weighted by Gasteiger charge is 2.22. The van der Waals surface area contributed by atoms with Crippen LogP contribution in [0.5, 0.6) is 0 Å². The highest BCUT2D eigenvalue weighted by molar-refractivity contribution is 5.90. The number of nitrogens with one attached hydrogen (secondary N) is 1. The first kappa shape index (κ1) is 14.3. The number of oxazole rings is 1. The maximum atomic E-state index is 12.1. The molecule has 1 aliphatic carbocycles. The van der Waals surface area contributed by atoms with E-state index in [1.165, 1.54) is 12.7 Å². The van der Waals surface area contributed by atoms with E-state index in [1.54, 1.807) is 12.1 Å². The maximum absolute atomic E-state index is 12.1. The zero-order valence-electron chi connectivity index (χ0n) is 12.2. The van der Waals surface area contributed by atoms with Crippen LogP contribution in [-0.4, -0.2) is 10.9 Å². The monoisotopic (exact) mass is 295 g/mol. The SMILES string of the molecule is N#Cc1ccc(-c2coc(NC(=O)C3CCCCC3)n2)cc1. The first-order valence-corrected chi connectivity index (χ1v) is 7.53. The molecule has 3 rings (SSSR count). The third kappa shape index (κ3) is 3.17. The number of anilines is 1. The van der Waals surface area contributed by atoms with E-state index < -0.39 is 0 Å². The normalized spacial score (nSPS) is 15.2. The lowest BCUT2D eigenvalue weighted by Gasteiger charge is -2.19. The number of nitrogens with zero attached hydrogens (tertiary/aromatic N) is 2. The minimum absolute atomic E-state index is 0.00655. The van der Waals surface area contributed by atoms with Gasteiger partial charge in [0.1, 0.15) is 12.0 Å². The largest absolute Gasteiger partial charge is 0.431 e. The van der Waals surface area contributed by atoms with Crippen LogP contribution in [0.25, 0.3) is 11.3 Å². The molecule has 5 nitrogen and oxygen atoms in total. The number of rotatable bonds is 3. The van der Waals surface area contributed by atoms with Gasteiger partial charge in [0.2, 0.25) is 5.91 Å². The molecule has 2 aromatic rings. The van der Waals surface area contributed by atoms with E-state index in [0.29, 0.717) is 11.3 Å². The van der Waals surface area contributed by atoms with Crippen LogP contribution in [0.3, 0.4) is 0 Å². The molecule has 1 aromatic carbocycles. The molecule has 1 saturated carbocycles. The van der Waals surface area contributed by atoms with Gasteiger partial charge in [0.25, 0.3) is 0 Å². The fourth-order valence-electron chi connectivity index (χ4n) is 2.75. The predicted molar refractivity (Wildman–Crippen MR) is 81.9 cm³/mol. The van der Waals surface area contributed by atoms with Crippen molar-refractivity contribution < 1.29 is 9.21 Å². The van der Waals surface area contributed by atoms with Crippen molar-refractivity contribution in [3.05, 3.63) is 36.1 Å². The summed E-state index contributed by atoms with van der Waals surface area (Å²) in [7, 11) is 0. The number of benzene rings is 1. The number of hydrogen-bond acceptors (Lipinski definition) is 4. The van der Waals surface area contributed by atoms with Gasteiger partial charge in [0, 0.05) is 11.5 Å². The van der Waals surface area contributed by atoms with Gasteiger partial charge in [0.15, 0.2) is 0 Å². The van der Waals surface area contributed by atoms with Crippen molar-refractivity contribution in [3.8, 4) is 17.3 Å². The number of amides is 1. The molecular formula is C17H17N3O2. The summed E-state index contributed by atoms with van der Waals surface area (Å²) in [5.74, 6) is 0.0620. The maximum Gasteiger partial charge on any atom is 0.301 e. The van der Waals surface area contributed by atoms with E-state index in [0.717, 1.165) is 31.2 Å². The number of aromatic nitrogens is 1. The number of carbonyl (C=O) groups excluding carboxylic acids is 1. The van der Waals surface area contributed by atoms with E-state index in [-0.39, 0.29) is 17.8 Å². The summed E-state index contributed by atoms with van der Waals surface area (Å²) < 4.78 is 5.33. The van der Waals surface area contributed by atoms with Crippen LogP contribution in [0.1, 0.15) is 37.7 Å². The Morgan fingerprint density at radius 2 is 1.95 bits per heavy atom. The van der Waals surface area contributed by atoms with Crippen molar-refractivity contribution in [3.63, 3.8) is 0 Å². The summed E-state index contributed by atoms with van der Waals surface area (Å²) in [4.78, 5) is 16.4. The van der Waals surface area contributed by atoms with Crippen LogP contribution in [0.15, 0.2) is 34.9 Å².